The SMILES string of the molecule is C=CCNc1ccccc1[N+](=O)[O-].OCCNCCO. The molecule has 0 aliphatic carbocycles. The van der Waals surface area contributed by atoms with Gasteiger partial charge in [-0.25, -0.2) is 0 Å². The average Bonchev–Trinajstić information content (AvgIpc) is 2.46. The molecule has 112 valence electrons. The van der Waals surface area contributed by atoms with E-state index in [4.69, 9.17) is 10.2 Å². The van der Waals surface area contributed by atoms with Crippen LogP contribution < -0.4 is 10.6 Å². The number of rotatable bonds is 8. The van der Waals surface area contributed by atoms with Gasteiger partial charge in [-0.1, -0.05) is 18.2 Å². The van der Waals surface area contributed by atoms with Crippen molar-refractivity contribution in [3.05, 3.63) is 47.0 Å². The van der Waals surface area contributed by atoms with Crippen molar-refractivity contribution in [1.82, 2.24) is 5.32 Å². The van der Waals surface area contributed by atoms with Crippen LogP contribution in [-0.2, 0) is 0 Å². The molecule has 7 nitrogen and oxygen atoms in total. The monoisotopic (exact) mass is 283 g/mol. The lowest BCUT2D eigenvalue weighted by Gasteiger charge is -2.02. The minimum absolute atomic E-state index is 0.0874. The maximum absolute atomic E-state index is 10.5. The molecule has 20 heavy (non-hydrogen) atoms. The van der Waals surface area contributed by atoms with Crippen LogP contribution >= 0.6 is 0 Å². The third-order valence-electron chi connectivity index (χ3n) is 2.11. The highest BCUT2D eigenvalue weighted by atomic mass is 16.6. The number of aliphatic hydroxyl groups is 2. The van der Waals surface area contributed by atoms with Gasteiger partial charge in [-0.05, 0) is 6.07 Å². The van der Waals surface area contributed by atoms with E-state index in [1.807, 2.05) is 0 Å². The van der Waals surface area contributed by atoms with Crippen molar-refractivity contribution >= 4 is 11.4 Å². The fourth-order valence-corrected chi connectivity index (χ4v) is 1.25. The number of nitrogens with one attached hydrogen (secondary N) is 2. The summed E-state index contributed by atoms with van der Waals surface area (Å²) in [7, 11) is 0. The molecular weight excluding hydrogens is 262 g/mol. The summed E-state index contributed by atoms with van der Waals surface area (Å²) in [6.45, 7) is 5.45. The Hall–Kier alpha value is -1.96. The Balaban J connectivity index is 0.000000441. The lowest BCUT2D eigenvalue weighted by atomic mass is 10.2. The summed E-state index contributed by atoms with van der Waals surface area (Å²) in [5.74, 6) is 0. The van der Waals surface area contributed by atoms with Gasteiger partial charge in [0.25, 0.3) is 5.69 Å². The van der Waals surface area contributed by atoms with E-state index in [0.717, 1.165) is 0 Å². The highest BCUT2D eigenvalue weighted by Crippen LogP contribution is 2.22. The molecule has 0 heterocycles. The number of hydrogen-bond donors (Lipinski definition) is 4. The van der Waals surface area contributed by atoms with Gasteiger partial charge >= 0.3 is 0 Å². The predicted molar refractivity (Wildman–Crippen MR) is 78.8 cm³/mol. The first kappa shape index (κ1) is 18.0. The molecule has 0 saturated carbocycles. The number of nitrogens with zero attached hydrogens (tertiary/aromatic N) is 1. The molecule has 0 aliphatic heterocycles. The molecule has 0 radical (unpaired) electrons. The van der Waals surface area contributed by atoms with Crippen molar-refractivity contribution in [2.75, 3.05) is 38.2 Å². The maximum atomic E-state index is 10.5. The second kappa shape index (κ2) is 12.1. The molecule has 7 heteroatoms. The van der Waals surface area contributed by atoms with Gasteiger partial charge in [-0.2, -0.15) is 0 Å². The standard InChI is InChI=1S/C9H10N2O2.C4H11NO2/c1-2-7-10-8-5-3-4-6-9(8)11(12)13;6-3-1-5-2-4-7/h2-6,10H,1,7H2;5-7H,1-4H2. The summed E-state index contributed by atoms with van der Waals surface area (Å²) in [6.07, 6.45) is 1.65. The van der Waals surface area contributed by atoms with Gasteiger partial charge in [0.1, 0.15) is 5.69 Å². The van der Waals surface area contributed by atoms with E-state index < -0.39 is 4.92 Å². The first-order valence-electron chi connectivity index (χ1n) is 6.18. The third kappa shape index (κ3) is 8.20. The van der Waals surface area contributed by atoms with Crippen LogP contribution in [-0.4, -0.2) is 48.0 Å². The Morgan fingerprint density at radius 1 is 1.25 bits per heavy atom. The number of nitro benzene ring substituents is 1. The number of benzene rings is 1. The van der Waals surface area contributed by atoms with Crippen LogP contribution in [0.2, 0.25) is 0 Å². The lowest BCUT2D eigenvalue weighted by Crippen LogP contribution is -2.21. The second-order valence-corrected chi connectivity index (χ2v) is 3.64. The van der Waals surface area contributed by atoms with Crippen molar-refractivity contribution in [2.45, 2.75) is 0 Å². The molecular formula is C13H21N3O4. The van der Waals surface area contributed by atoms with Gasteiger partial charge in [-0.15, -0.1) is 6.58 Å². The normalized spacial score (nSPS) is 9.30. The molecule has 0 aromatic heterocycles. The van der Waals surface area contributed by atoms with Crippen molar-refractivity contribution in [3.63, 3.8) is 0 Å². The molecule has 1 aromatic carbocycles. The molecule has 0 spiro atoms. The van der Waals surface area contributed by atoms with E-state index in [2.05, 4.69) is 17.2 Å². The van der Waals surface area contributed by atoms with Crippen LogP contribution in [0.15, 0.2) is 36.9 Å². The van der Waals surface area contributed by atoms with Crippen molar-refractivity contribution in [3.8, 4) is 0 Å². The molecule has 0 fully saturated rings. The Kier molecular flexibility index (Phi) is 10.9. The van der Waals surface area contributed by atoms with Gasteiger partial charge in [0.2, 0.25) is 0 Å². The minimum atomic E-state index is -0.411. The number of hydrogen-bond acceptors (Lipinski definition) is 6. The van der Waals surface area contributed by atoms with E-state index in [1.54, 1.807) is 24.3 Å². The second-order valence-electron chi connectivity index (χ2n) is 3.64. The van der Waals surface area contributed by atoms with Crippen LogP contribution in [0.4, 0.5) is 11.4 Å². The molecule has 1 aromatic rings. The summed E-state index contributed by atoms with van der Waals surface area (Å²) in [5.41, 5.74) is 0.608. The highest BCUT2D eigenvalue weighted by molar-refractivity contribution is 5.61. The summed E-state index contributed by atoms with van der Waals surface area (Å²) in [6, 6.07) is 6.52. The van der Waals surface area contributed by atoms with E-state index in [0.29, 0.717) is 25.3 Å². The van der Waals surface area contributed by atoms with Gasteiger partial charge in [0.15, 0.2) is 0 Å². The third-order valence-corrected chi connectivity index (χ3v) is 2.11. The van der Waals surface area contributed by atoms with E-state index in [1.165, 1.54) is 6.07 Å². The molecule has 0 unspecified atom stereocenters. The van der Waals surface area contributed by atoms with E-state index in [9.17, 15) is 10.1 Å². The van der Waals surface area contributed by atoms with Crippen molar-refractivity contribution in [1.29, 1.82) is 0 Å². The van der Waals surface area contributed by atoms with Crippen LogP contribution in [0.1, 0.15) is 0 Å². The quantitative estimate of drug-likeness (QED) is 0.243. The van der Waals surface area contributed by atoms with Crippen LogP contribution in [0, 0.1) is 10.1 Å². The lowest BCUT2D eigenvalue weighted by molar-refractivity contribution is -0.383. The smallest absolute Gasteiger partial charge is 0.292 e. The van der Waals surface area contributed by atoms with Crippen LogP contribution in [0.5, 0.6) is 0 Å². The summed E-state index contributed by atoms with van der Waals surface area (Å²) in [5, 5.41) is 32.5. The molecule has 0 aliphatic rings. The summed E-state index contributed by atoms with van der Waals surface area (Å²) < 4.78 is 0. The Morgan fingerprint density at radius 3 is 2.35 bits per heavy atom. The number of aliphatic hydroxyl groups excluding tert-OH is 2. The fourth-order valence-electron chi connectivity index (χ4n) is 1.25. The fraction of sp³-hybridized carbons (Fsp3) is 0.385. The predicted octanol–water partition coefficient (Wildman–Crippen LogP) is 0.753. The molecule has 0 bridgehead atoms. The Bertz CT molecular complexity index is 395. The summed E-state index contributed by atoms with van der Waals surface area (Å²) >= 11 is 0. The molecule has 0 amide bonds. The zero-order valence-corrected chi connectivity index (χ0v) is 11.3. The molecule has 0 atom stereocenters. The Morgan fingerprint density at radius 2 is 1.85 bits per heavy atom. The number of anilines is 1. The largest absolute Gasteiger partial charge is 0.395 e. The maximum Gasteiger partial charge on any atom is 0.292 e. The van der Waals surface area contributed by atoms with Gasteiger partial charge in [0.05, 0.1) is 18.1 Å². The van der Waals surface area contributed by atoms with E-state index in [-0.39, 0.29) is 18.9 Å². The highest BCUT2D eigenvalue weighted by Gasteiger charge is 2.10. The number of nitro groups is 1. The Labute approximate surface area is 118 Å². The van der Waals surface area contributed by atoms with Crippen molar-refractivity contribution in [2.24, 2.45) is 0 Å². The topological polar surface area (TPSA) is 108 Å². The minimum Gasteiger partial charge on any atom is -0.395 e. The molecule has 4 N–H and O–H groups in total. The van der Waals surface area contributed by atoms with E-state index >= 15 is 0 Å². The average molecular weight is 283 g/mol. The molecule has 1 rings (SSSR count). The van der Waals surface area contributed by atoms with Crippen molar-refractivity contribution < 1.29 is 15.1 Å². The van der Waals surface area contributed by atoms with Gasteiger partial charge in [-0.3, -0.25) is 10.1 Å². The molecule has 0 saturated heterocycles. The van der Waals surface area contributed by atoms with Gasteiger partial charge < -0.3 is 20.8 Å². The zero-order valence-electron chi connectivity index (χ0n) is 11.3. The first-order chi connectivity index (χ1) is 9.67. The van der Waals surface area contributed by atoms with Crippen LogP contribution in [0.25, 0.3) is 0 Å². The van der Waals surface area contributed by atoms with Crippen LogP contribution in [0.3, 0.4) is 0 Å². The number of para-hydroxylation sites is 2. The summed E-state index contributed by atoms with van der Waals surface area (Å²) in [4.78, 5) is 10.1. The van der Waals surface area contributed by atoms with Gasteiger partial charge in [0, 0.05) is 25.7 Å². The first-order valence-corrected chi connectivity index (χ1v) is 6.18. The zero-order chi connectivity index (χ0) is 15.2.